The van der Waals surface area contributed by atoms with Gasteiger partial charge in [0.1, 0.15) is 0 Å². The maximum absolute atomic E-state index is 12.2. The minimum Gasteiger partial charge on any atom is -0.350 e. The average molecular weight is 294 g/mol. The second-order valence-corrected chi connectivity index (χ2v) is 7.00. The molecule has 1 aliphatic rings. The highest BCUT2D eigenvalue weighted by molar-refractivity contribution is 7.09. The molecule has 112 valence electrons. The molecule has 2 rings (SSSR count). The SMILES string of the molecule is CCCCC1CCC(C(=O)NCc2csc(C)n2)CC1. The predicted octanol–water partition coefficient (Wildman–Crippen LogP) is 4.06. The number of thiazole rings is 1. The summed E-state index contributed by atoms with van der Waals surface area (Å²) in [6.45, 7) is 4.83. The van der Waals surface area contributed by atoms with Crippen molar-refractivity contribution in [3.05, 3.63) is 16.1 Å². The lowest BCUT2D eigenvalue weighted by molar-refractivity contribution is -0.126. The van der Waals surface area contributed by atoms with Crippen LogP contribution in [0.25, 0.3) is 0 Å². The monoisotopic (exact) mass is 294 g/mol. The molecule has 0 saturated heterocycles. The van der Waals surface area contributed by atoms with Gasteiger partial charge >= 0.3 is 0 Å². The molecule has 0 atom stereocenters. The summed E-state index contributed by atoms with van der Waals surface area (Å²) >= 11 is 1.64. The standard InChI is InChI=1S/C16H26N2OS/c1-3-4-5-13-6-8-14(9-7-13)16(19)17-10-15-11-20-12(2)18-15/h11,13-14H,3-10H2,1-2H3,(H,17,19). The highest BCUT2D eigenvalue weighted by atomic mass is 32.1. The molecule has 1 aromatic heterocycles. The van der Waals surface area contributed by atoms with Gasteiger partial charge in [0.2, 0.25) is 5.91 Å². The van der Waals surface area contributed by atoms with Crippen molar-refractivity contribution in [3.63, 3.8) is 0 Å². The van der Waals surface area contributed by atoms with Crippen LogP contribution in [0.4, 0.5) is 0 Å². The van der Waals surface area contributed by atoms with E-state index < -0.39 is 0 Å². The van der Waals surface area contributed by atoms with Crippen molar-refractivity contribution >= 4 is 17.2 Å². The topological polar surface area (TPSA) is 42.0 Å². The van der Waals surface area contributed by atoms with Gasteiger partial charge in [-0.25, -0.2) is 4.98 Å². The third kappa shape index (κ3) is 4.58. The van der Waals surface area contributed by atoms with Crippen molar-refractivity contribution in [2.75, 3.05) is 0 Å². The summed E-state index contributed by atoms with van der Waals surface area (Å²) in [6.07, 6.45) is 8.57. The van der Waals surface area contributed by atoms with Crippen molar-refractivity contribution < 1.29 is 4.79 Å². The summed E-state index contributed by atoms with van der Waals surface area (Å²) in [4.78, 5) is 16.5. The minimum atomic E-state index is 0.226. The molecule has 0 radical (unpaired) electrons. The molecular weight excluding hydrogens is 268 g/mol. The van der Waals surface area contributed by atoms with Gasteiger partial charge in [0.15, 0.2) is 0 Å². The highest BCUT2D eigenvalue weighted by Gasteiger charge is 2.25. The zero-order chi connectivity index (χ0) is 14.4. The van der Waals surface area contributed by atoms with E-state index in [0.717, 1.165) is 29.5 Å². The molecular formula is C16H26N2OS. The van der Waals surface area contributed by atoms with Gasteiger partial charge in [-0.15, -0.1) is 11.3 Å². The number of hydrogen-bond acceptors (Lipinski definition) is 3. The smallest absolute Gasteiger partial charge is 0.223 e. The van der Waals surface area contributed by atoms with Gasteiger partial charge < -0.3 is 5.32 Å². The van der Waals surface area contributed by atoms with E-state index in [9.17, 15) is 4.79 Å². The van der Waals surface area contributed by atoms with E-state index in [1.54, 1.807) is 11.3 Å². The van der Waals surface area contributed by atoms with E-state index in [-0.39, 0.29) is 11.8 Å². The van der Waals surface area contributed by atoms with Gasteiger partial charge in [0.25, 0.3) is 0 Å². The molecule has 1 aliphatic carbocycles. The highest BCUT2D eigenvalue weighted by Crippen LogP contribution is 2.31. The number of nitrogens with one attached hydrogen (secondary N) is 1. The zero-order valence-corrected chi connectivity index (χ0v) is 13.5. The van der Waals surface area contributed by atoms with Crippen LogP contribution in [0.1, 0.15) is 62.6 Å². The second kappa shape index (κ2) is 7.77. The van der Waals surface area contributed by atoms with Crippen LogP contribution in [0.5, 0.6) is 0 Å². The zero-order valence-electron chi connectivity index (χ0n) is 12.7. The van der Waals surface area contributed by atoms with E-state index in [1.807, 2.05) is 12.3 Å². The summed E-state index contributed by atoms with van der Waals surface area (Å²) in [5.41, 5.74) is 0.984. The Labute approximate surface area is 126 Å². The summed E-state index contributed by atoms with van der Waals surface area (Å²) in [7, 11) is 0. The first-order valence-electron chi connectivity index (χ1n) is 7.87. The van der Waals surface area contributed by atoms with Crippen molar-refractivity contribution in [1.29, 1.82) is 0 Å². The second-order valence-electron chi connectivity index (χ2n) is 5.94. The maximum atomic E-state index is 12.2. The van der Waals surface area contributed by atoms with Crippen LogP contribution in [0.2, 0.25) is 0 Å². The maximum Gasteiger partial charge on any atom is 0.223 e. The number of unbranched alkanes of at least 4 members (excludes halogenated alkanes) is 1. The lowest BCUT2D eigenvalue weighted by Gasteiger charge is -2.27. The van der Waals surface area contributed by atoms with Gasteiger partial charge in [-0.1, -0.05) is 26.2 Å². The molecule has 1 fully saturated rings. The van der Waals surface area contributed by atoms with Crippen LogP contribution in [-0.4, -0.2) is 10.9 Å². The van der Waals surface area contributed by atoms with E-state index in [1.165, 1.54) is 32.1 Å². The summed E-state index contributed by atoms with van der Waals surface area (Å²) in [5.74, 6) is 1.32. The van der Waals surface area contributed by atoms with Crippen LogP contribution < -0.4 is 5.32 Å². The fourth-order valence-electron chi connectivity index (χ4n) is 3.02. The minimum absolute atomic E-state index is 0.226. The normalized spacial score (nSPS) is 22.7. The van der Waals surface area contributed by atoms with Crippen molar-refractivity contribution in [3.8, 4) is 0 Å². The van der Waals surface area contributed by atoms with Crippen molar-refractivity contribution in [2.45, 2.75) is 65.3 Å². The quantitative estimate of drug-likeness (QED) is 0.859. The average Bonchev–Trinajstić information content (AvgIpc) is 2.89. The number of carbonyl (C=O) groups is 1. The molecule has 1 heterocycles. The molecule has 0 aromatic carbocycles. The van der Waals surface area contributed by atoms with Crippen LogP contribution in [0.15, 0.2) is 5.38 Å². The molecule has 3 nitrogen and oxygen atoms in total. The summed E-state index contributed by atoms with van der Waals surface area (Å²) in [5, 5.41) is 6.13. The Bertz CT molecular complexity index is 422. The Morgan fingerprint density at radius 3 is 2.75 bits per heavy atom. The fraction of sp³-hybridized carbons (Fsp3) is 0.750. The first kappa shape index (κ1) is 15.5. The van der Waals surface area contributed by atoms with Gasteiger partial charge in [0.05, 0.1) is 17.2 Å². The van der Waals surface area contributed by atoms with Crippen molar-refractivity contribution in [2.24, 2.45) is 11.8 Å². The first-order chi connectivity index (χ1) is 9.69. The Hall–Kier alpha value is -0.900. The largest absolute Gasteiger partial charge is 0.350 e. The van der Waals surface area contributed by atoms with E-state index in [0.29, 0.717) is 6.54 Å². The van der Waals surface area contributed by atoms with E-state index >= 15 is 0 Å². The van der Waals surface area contributed by atoms with Crippen LogP contribution in [0.3, 0.4) is 0 Å². The fourth-order valence-corrected chi connectivity index (χ4v) is 3.63. The molecule has 20 heavy (non-hydrogen) atoms. The number of aryl methyl sites for hydroxylation is 1. The molecule has 0 spiro atoms. The molecule has 0 bridgehead atoms. The lowest BCUT2D eigenvalue weighted by Crippen LogP contribution is -2.32. The Balaban J connectivity index is 1.69. The van der Waals surface area contributed by atoms with Gasteiger partial charge in [0, 0.05) is 11.3 Å². The Morgan fingerprint density at radius 2 is 2.15 bits per heavy atom. The molecule has 1 saturated carbocycles. The van der Waals surface area contributed by atoms with Crippen LogP contribution >= 0.6 is 11.3 Å². The van der Waals surface area contributed by atoms with Crippen molar-refractivity contribution in [1.82, 2.24) is 10.3 Å². The Morgan fingerprint density at radius 1 is 1.40 bits per heavy atom. The molecule has 1 aromatic rings. The number of amides is 1. The molecule has 1 amide bonds. The molecule has 1 N–H and O–H groups in total. The number of nitrogens with zero attached hydrogens (tertiary/aromatic N) is 1. The lowest BCUT2D eigenvalue weighted by atomic mass is 9.79. The number of rotatable bonds is 6. The first-order valence-corrected chi connectivity index (χ1v) is 8.75. The third-order valence-electron chi connectivity index (χ3n) is 4.29. The summed E-state index contributed by atoms with van der Waals surface area (Å²) in [6, 6.07) is 0. The van der Waals surface area contributed by atoms with Crippen LogP contribution in [0, 0.1) is 18.8 Å². The van der Waals surface area contributed by atoms with Crippen LogP contribution in [-0.2, 0) is 11.3 Å². The molecule has 4 heteroatoms. The molecule has 0 unspecified atom stereocenters. The predicted molar refractivity (Wildman–Crippen MR) is 83.7 cm³/mol. The number of aromatic nitrogens is 1. The Kier molecular flexibility index (Phi) is 6.02. The van der Waals surface area contributed by atoms with E-state index in [4.69, 9.17) is 0 Å². The van der Waals surface area contributed by atoms with Gasteiger partial charge in [-0.05, 0) is 38.5 Å². The third-order valence-corrected chi connectivity index (χ3v) is 5.12. The summed E-state index contributed by atoms with van der Waals surface area (Å²) < 4.78 is 0. The van der Waals surface area contributed by atoms with Gasteiger partial charge in [-0.3, -0.25) is 4.79 Å². The van der Waals surface area contributed by atoms with E-state index in [2.05, 4.69) is 17.2 Å². The molecule has 0 aliphatic heterocycles. The van der Waals surface area contributed by atoms with Gasteiger partial charge in [-0.2, -0.15) is 0 Å². The number of hydrogen-bond donors (Lipinski definition) is 1. The number of carbonyl (C=O) groups excluding carboxylic acids is 1.